The maximum Gasteiger partial charge on any atom is 0.319 e. The zero-order valence-electron chi connectivity index (χ0n) is 13.8. The summed E-state index contributed by atoms with van der Waals surface area (Å²) in [6.45, 7) is 4.86. The molecule has 1 atom stereocenters. The van der Waals surface area contributed by atoms with Crippen molar-refractivity contribution in [3.05, 3.63) is 30.1 Å². The van der Waals surface area contributed by atoms with Gasteiger partial charge >= 0.3 is 5.97 Å². The Labute approximate surface area is 144 Å². The smallest absolute Gasteiger partial charge is 0.319 e. The molecule has 0 heterocycles. The van der Waals surface area contributed by atoms with Crippen LogP contribution in [-0.4, -0.2) is 41.4 Å². The molecule has 1 aromatic rings. The van der Waals surface area contributed by atoms with E-state index in [1.165, 1.54) is 24.3 Å². The van der Waals surface area contributed by atoms with Crippen LogP contribution in [0.5, 0.6) is 0 Å². The van der Waals surface area contributed by atoms with Gasteiger partial charge in [-0.2, -0.15) is 0 Å². The van der Waals surface area contributed by atoms with Gasteiger partial charge in [-0.15, -0.1) is 11.8 Å². The largest absolute Gasteiger partial charge is 0.455 e. The number of rotatable bonds is 8. The van der Waals surface area contributed by atoms with Gasteiger partial charge in [-0.05, 0) is 45.0 Å². The summed E-state index contributed by atoms with van der Waals surface area (Å²) in [6.07, 6.45) is 0. The first-order valence-corrected chi connectivity index (χ1v) is 8.46. The maximum atomic E-state index is 12.8. The number of ether oxygens (including phenoxy) is 1. The number of carbonyl (C=O) groups is 3. The average Bonchev–Trinajstić information content (AvgIpc) is 2.51. The molecule has 0 bridgehead atoms. The van der Waals surface area contributed by atoms with E-state index in [4.69, 9.17) is 4.74 Å². The number of hydrogen-bond acceptors (Lipinski definition) is 5. The Morgan fingerprint density at radius 3 is 2.33 bits per heavy atom. The minimum atomic E-state index is -0.587. The normalized spacial score (nSPS) is 11.7. The van der Waals surface area contributed by atoms with Crippen molar-refractivity contribution < 1.29 is 23.5 Å². The average molecular weight is 356 g/mol. The molecule has 0 aliphatic heterocycles. The molecule has 0 saturated heterocycles. The van der Waals surface area contributed by atoms with Crippen molar-refractivity contribution in [2.75, 3.05) is 17.7 Å². The molecule has 6 nitrogen and oxygen atoms in total. The summed E-state index contributed by atoms with van der Waals surface area (Å²) in [5, 5.41) is 4.61. The monoisotopic (exact) mass is 356 g/mol. The van der Waals surface area contributed by atoms with Gasteiger partial charge in [0, 0.05) is 11.7 Å². The first kappa shape index (κ1) is 20.0. The van der Waals surface area contributed by atoms with Crippen LogP contribution in [0.4, 0.5) is 10.1 Å². The molecule has 0 spiro atoms. The van der Waals surface area contributed by atoms with Crippen LogP contribution in [0, 0.1) is 5.82 Å². The number of carbonyl (C=O) groups excluding carboxylic acids is 3. The number of amides is 2. The Morgan fingerprint density at radius 2 is 1.75 bits per heavy atom. The van der Waals surface area contributed by atoms with Crippen molar-refractivity contribution in [2.45, 2.75) is 32.1 Å². The van der Waals surface area contributed by atoms with Crippen LogP contribution in [0.25, 0.3) is 0 Å². The van der Waals surface area contributed by atoms with Gasteiger partial charge in [0.15, 0.2) is 6.61 Å². The van der Waals surface area contributed by atoms with Gasteiger partial charge in [-0.1, -0.05) is 0 Å². The number of esters is 1. The van der Waals surface area contributed by atoms with E-state index in [2.05, 4.69) is 10.6 Å². The lowest BCUT2D eigenvalue weighted by Gasteiger charge is -2.12. The van der Waals surface area contributed by atoms with Crippen LogP contribution >= 0.6 is 11.8 Å². The summed E-state index contributed by atoms with van der Waals surface area (Å²) in [7, 11) is 0. The number of hydrogen-bond donors (Lipinski definition) is 2. The lowest BCUT2D eigenvalue weighted by atomic mass is 10.3. The highest BCUT2D eigenvalue weighted by Crippen LogP contribution is 2.14. The number of halogens is 1. The SMILES string of the molecule is CC(C)NC(=O)COC(=O)[C@H](C)SCC(=O)Nc1ccc(F)cc1. The van der Waals surface area contributed by atoms with E-state index < -0.39 is 11.2 Å². The Hall–Kier alpha value is -2.09. The van der Waals surface area contributed by atoms with E-state index >= 15 is 0 Å². The highest BCUT2D eigenvalue weighted by atomic mass is 32.2. The topological polar surface area (TPSA) is 84.5 Å². The predicted molar refractivity (Wildman–Crippen MR) is 91.2 cm³/mol. The second-order valence-electron chi connectivity index (χ2n) is 5.34. The number of benzene rings is 1. The minimum absolute atomic E-state index is 0.0295. The molecule has 0 aromatic heterocycles. The molecule has 0 saturated carbocycles. The van der Waals surface area contributed by atoms with Crippen LogP contribution in [0.15, 0.2) is 24.3 Å². The molecule has 0 radical (unpaired) electrons. The van der Waals surface area contributed by atoms with E-state index in [-0.39, 0.29) is 36.0 Å². The third-order valence-electron chi connectivity index (χ3n) is 2.72. The molecule has 0 aliphatic carbocycles. The molecule has 2 amide bonds. The molecule has 8 heteroatoms. The molecule has 1 aromatic carbocycles. The predicted octanol–water partition coefficient (Wildman–Crippen LogP) is 1.95. The standard InChI is InChI=1S/C16H21FN2O4S/c1-10(2)18-14(20)8-23-16(22)11(3)24-9-15(21)19-13-6-4-12(17)5-7-13/h4-7,10-11H,8-9H2,1-3H3,(H,18,20)(H,19,21)/t11-/m0/s1. The molecule has 2 N–H and O–H groups in total. The Kier molecular flexibility index (Phi) is 8.25. The summed E-state index contributed by atoms with van der Waals surface area (Å²) in [5.74, 6) is -1.60. The van der Waals surface area contributed by atoms with Crippen molar-refractivity contribution in [3.63, 3.8) is 0 Å². The molecule has 132 valence electrons. The number of anilines is 1. The third-order valence-corrected chi connectivity index (χ3v) is 3.84. The van der Waals surface area contributed by atoms with Gasteiger partial charge in [0.05, 0.1) is 5.75 Å². The van der Waals surface area contributed by atoms with Gasteiger partial charge in [-0.25, -0.2) is 4.39 Å². The molecule has 0 unspecified atom stereocenters. The lowest BCUT2D eigenvalue weighted by molar-refractivity contribution is -0.147. The van der Waals surface area contributed by atoms with Crippen molar-refractivity contribution >= 4 is 35.2 Å². The molecule has 24 heavy (non-hydrogen) atoms. The third kappa shape index (κ3) is 7.96. The highest BCUT2D eigenvalue weighted by Gasteiger charge is 2.18. The summed E-state index contributed by atoms with van der Waals surface area (Å²) in [4.78, 5) is 34.9. The first-order valence-electron chi connectivity index (χ1n) is 7.41. The summed E-state index contributed by atoms with van der Waals surface area (Å²) in [5.41, 5.74) is 0.475. The summed E-state index contributed by atoms with van der Waals surface area (Å²) >= 11 is 1.09. The zero-order chi connectivity index (χ0) is 18.1. The van der Waals surface area contributed by atoms with Crippen LogP contribution < -0.4 is 10.6 Å². The molecular weight excluding hydrogens is 335 g/mol. The van der Waals surface area contributed by atoms with Crippen molar-refractivity contribution in [1.82, 2.24) is 5.32 Å². The first-order chi connectivity index (χ1) is 11.3. The number of thioether (sulfide) groups is 1. The van der Waals surface area contributed by atoms with Gasteiger partial charge in [0.2, 0.25) is 5.91 Å². The van der Waals surface area contributed by atoms with E-state index in [1.807, 2.05) is 0 Å². The number of nitrogens with one attached hydrogen (secondary N) is 2. The quantitative estimate of drug-likeness (QED) is 0.696. The minimum Gasteiger partial charge on any atom is -0.455 e. The van der Waals surface area contributed by atoms with Crippen molar-refractivity contribution in [1.29, 1.82) is 0 Å². The van der Waals surface area contributed by atoms with Gasteiger partial charge in [-0.3, -0.25) is 14.4 Å². The van der Waals surface area contributed by atoms with E-state index in [0.717, 1.165) is 11.8 Å². The molecule has 0 fully saturated rings. The lowest BCUT2D eigenvalue weighted by Crippen LogP contribution is -2.35. The van der Waals surface area contributed by atoms with E-state index in [9.17, 15) is 18.8 Å². The zero-order valence-corrected chi connectivity index (χ0v) is 14.6. The van der Waals surface area contributed by atoms with Crippen molar-refractivity contribution in [2.24, 2.45) is 0 Å². The Balaban J connectivity index is 2.29. The summed E-state index contributed by atoms with van der Waals surface area (Å²) in [6, 6.07) is 5.35. The van der Waals surface area contributed by atoms with Crippen LogP contribution in [0.1, 0.15) is 20.8 Å². The fourth-order valence-electron chi connectivity index (χ4n) is 1.62. The van der Waals surface area contributed by atoms with E-state index in [1.54, 1.807) is 20.8 Å². The molecule has 0 aliphatic rings. The second-order valence-corrected chi connectivity index (χ2v) is 6.67. The molecule has 1 rings (SSSR count). The summed E-state index contributed by atoms with van der Waals surface area (Å²) < 4.78 is 17.7. The van der Waals surface area contributed by atoms with Gasteiger partial charge in [0.1, 0.15) is 11.1 Å². The maximum absolute atomic E-state index is 12.8. The second kappa shape index (κ2) is 9.92. The van der Waals surface area contributed by atoms with Gasteiger partial charge < -0.3 is 15.4 Å². The molecular formula is C16H21FN2O4S. The Morgan fingerprint density at radius 1 is 1.12 bits per heavy atom. The van der Waals surface area contributed by atoms with Crippen molar-refractivity contribution in [3.8, 4) is 0 Å². The van der Waals surface area contributed by atoms with Crippen LogP contribution in [0.3, 0.4) is 0 Å². The van der Waals surface area contributed by atoms with Gasteiger partial charge in [0.25, 0.3) is 5.91 Å². The highest BCUT2D eigenvalue weighted by molar-refractivity contribution is 8.01. The van der Waals surface area contributed by atoms with E-state index in [0.29, 0.717) is 5.69 Å². The Bertz CT molecular complexity index is 578. The van der Waals surface area contributed by atoms with Crippen LogP contribution in [-0.2, 0) is 19.1 Å². The van der Waals surface area contributed by atoms with Crippen LogP contribution in [0.2, 0.25) is 0 Å². The fourth-order valence-corrected chi connectivity index (χ4v) is 2.29. The fraction of sp³-hybridized carbons (Fsp3) is 0.438.